The summed E-state index contributed by atoms with van der Waals surface area (Å²) in [4.78, 5) is 27.4. The van der Waals surface area contributed by atoms with Gasteiger partial charge >= 0.3 is 5.97 Å². The van der Waals surface area contributed by atoms with Crippen LogP contribution in [0.4, 0.5) is 8.78 Å². The Labute approximate surface area is 205 Å². The number of halogens is 2. The minimum Gasteiger partial charge on any atom is -0.469 e. The van der Waals surface area contributed by atoms with Gasteiger partial charge in [-0.25, -0.2) is 8.78 Å². The summed E-state index contributed by atoms with van der Waals surface area (Å²) in [5.41, 5.74) is -0.899. The first-order valence-electron chi connectivity index (χ1n) is 11.7. The van der Waals surface area contributed by atoms with Crippen LogP contribution in [-0.2, 0) is 14.3 Å². The predicted molar refractivity (Wildman–Crippen MR) is 130 cm³/mol. The molecule has 35 heavy (non-hydrogen) atoms. The molecule has 1 aromatic carbocycles. The van der Waals surface area contributed by atoms with Crippen LogP contribution >= 0.6 is 0 Å². The van der Waals surface area contributed by atoms with E-state index in [9.17, 15) is 18.4 Å². The number of allylic oxidation sites excluding steroid dienone is 2. The Bertz CT molecular complexity index is 1070. The Morgan fingerprint density at radius 2 is 1.86 bits per heavy atom. The van der Waals surface area contributed by atoms with Gasteiger partial charge in [0.05, 0.1) is 29.7 Å². The van der Waals surface area contributed by atoms with Crippen LogP contribution in [0.15, 0.2) is 59.4 Å². The molecule has 1 heterocycles. The van der Waals surface area contributed by atoms with Gasteiger partial charge in [-0.2, -0.15) is 10.2 Å². The molecule has 3 rings (SSSR count). The largest absolute Gasteiger partial charge is 0.469 e. The molecule has 2 fully saturated rings. The highest BCUT2D eigenvalue weighted by Crippen LogP contribution is 2.59. The number of nitrogens with zero attached hydrogens (tertiary/aromatic N) is 3. The van der Waals surface area contributed by atoms with Crippen LogP contribution in [0, 0.1) is 34.3 Å². The van der Waals surface area contributed by atoms with Crippen LogP contribution in [0.1, 0.15) is 45.6 Å². The number of ether oxygens (including phenoxy) is 1. The van der Waals surface area contributed by atoms with E-state index in [1.54, 1.807) is 11.0 Å². The zero-order chi connectivity index (χ0) is 26.0. The maximum atomic E-state index is 14.5. The van der Waals surface area contributed by atoms with E-state index >= 15 is 0 Å². The highest BCUT2D eigenvalue weighted by Gasteiger charge is 2.57. The first-order valence-corrected chi connectivity index (χ1v) is 11.7. The Morgan fingerprint density at radius 3 is 2.46 bits per heavy atom. The van der Waals surface area contributed by atoms with Crippen LogP contribution in [0.5, 0.6) is 0 Å². The predicted octanol–water partition coefficient (Wildman–Crippen LogP) is 5.92. The molecular formula is C27H33F2N3O3. The van der Waals surface area contributed by atoms with Crippen molar-refractivity contribution in [1.29, 1.82) is 0 Å². The second kappa shape index (κ2) is 10.2. The number of azo groups is 1. The molecule has 1 saturated carbocycles. The third kappa shape index (κ3) is 4.83. The van der Waals surface area contributed by atoms with E-state index in [2.05, 4.69) is 23.4 Å². The fraction of sp³-hybridized carbons (Fsp3) is 0.481. The minimum absolute atomic E-state index is 0.0000933. The number of hydrogen-bond donors (Lipinski definition) is 0. The Kier molecular flexibility index (Phi) is 7.72. The lowest BCUT2D eigenvalue weighted by molar-refractivity contribution is -0.148. The summed E-state index contributed by atoms with van der Waals surface area (Å²) in [6, 6.07) is 3.60. The van der Waals surface area contributed by atoms with Crippen molar-refractivity contribution in [3.63, 3.8) is 0 Å². The monoisotopic (exact) mass is 485 g/mol. The van der Waals surface area contributed by atoms with E-state index in [1.165, 1.54) is 19.4 Å². The summed E-state index contributed by atoms with van der Waals surface area (Å²) >= 11 is 0. The van der Waals surface area contributed by atoms with Gasteiger partial charge in [0.15, 0.2) is 0 Å². The van der Waals surface area contributed by atoms with Crippen LogP contribution in [0.3, 0.4) is 0 Å². The number of carbonyl (C=O) groups is 2. The second-order valence-electron chi connectivity index (χ2n) is 10.0. The minimum atomic E-state index is -0.757. The zero-order valence-corrected chi connectivity index (χ0v) is 20.8. The molecule has 1 amide bonds. The van der Waals surface area contributed by atoms with Crippen molar-refractivity contribution in [1.82, 2.24) is 4.90 Å². The summed E-state index contributed by atoms with van der Waals surface area (Å²) in [6.07, 6.45) is 4.60. The molecule has 0 aromatic heterocycles. The van der Waals surface area contributed by atoms with E-state index < -0.39 is 22.5 Å². The lowest BCUT2D eigenvalue weighted by Crippen LogP contribution is -2.48. The Morgan fingerprint density at radius 1 is 1.20 bits per heavy atom. The molecular weight excluding hydrogens is 452 g/mol. The van der Waals surface area contributed by atoms with Gasteiger partial charge in [0.2, 0.25) is 5.91 Å². The van der Waals surface area contributed by atoms with Gasteiger partial charge in [-0.3, -0.25) is 9.59 Å². The Hall–Kier alpha value is -3.16. The summed E-state index contributed by atoms with van der Waals surface area (Å²) in [7, 11) is 1.36. The number of methoxy groups -OCH3 is 1. The van der Waals surface area contributed by atoms with Crippen molar-refractivity contribution in [3.05, 3.63) is 66.4 Å². The van der Waals surface area contributed by atoms with E-state index in [1.807, 2.05) is 20.8 Å². The normalized spacial score (nSPS) is 26.2. The van der Waals surface area contributed by atoms with Gasteiger partial charge in [-0.15, -0.1) is 0 Å². The maximum Gasteiger partial charge on any atom is 0.310 e. The van der Waals surface area contributed by atoms with Gasteiger partial charge < -0.3 is 9.64 Å². The SMILES string of the molecule is C=CN=N/C(=C\C(=C)C1CC[C@](C)(C(=O)N2CCC(C(=O)OC)C2)C1(C)C)c1c(F)cccc1F. The number of likely N-dealkylation sites (tertiary alicyclic amines) is 1. The molecule has 1 aliphatic heterocycles. The van der Waals surface area contributed by atoms with Gasteiger partial charge in [-0.05, 0) is 54.4 Å². The van der Waals surface area contributed by atoms with Gasteiger partial charge in [0.25, 0.3) is 0 Å². The quantitative estimate of drug-likeness (QED) is 0.273. The van der Waals surface area contributed by atoms with Crippen molar-refractivity contribution in [2.24, 2.45) is 32.9 Å². The lowest BCUT2D eigenvalue weighted by Gasteiger charge is -2.43. The standard InChI is InChI=1S/C27H33F2N3O3/c1-7-30-31-22(23-20(28)9-8-10-21(23)29)15-17(2)19-11-13-27(5,26(19,3)4)25(34)32-14-12-18(16-32)24(33)35-6/h7-10,15,18-19H,1-2,11-14,16H2,3-6H3/b22-15-,31-30?/t18?,19?,27-/m1/s1. The molecule has 1 aliphatic carbocycles. The molecule has 0 radical (unpaired) electrons. The topological polar surface area (TPSA) is 71.3 Å². The average molecular weight is 486 g/mol. The highest BCUT2D eigenvalue weighted by molar-refractivity contribution is 5.85. The zero-order valence-electron chi connectivity index (χ0n) is 20.8. The van der Waals surface area contributed by atoms with Crippen molar-refractivity contribution < 1.29 is 23.1 Å². The lowest BCUT2D eigenvalue weighted by atomic mass is 9.63. The molecule has 188 valence electrons. The first-order chi connectivity index (χ1) is 16.5. The van der Waals surface area contributed by atoms with Crippen molar-refractivity contribution in [2.45, 2.75) is 40.0 Å². The van der Waals surface area contributed by atoms with Gasteiger partial charge in [0, 0.05) is 19.3 Å². The number of rotatable bonds is 7. The third-order valence-corrected chi connectivity index (χ3v) is 7.94. The second-order valence-corrected chi connectivity index (χ2v) is 10.0. The maximum absolute atomic E-state index is 14.5. The molecule has 2 aliphatic rings. The summed E-state index contributed by atoms with van der Waals surface area (Å²) in [5.74, 6) is -2.26. The average Bonchev–Trinajstić information content (AvgIpc) is 3.39. The molecule has 6 nitrogen and oxygen atoms in total. The van der Waals surface area contributed by atoms with E-state index in [0.717, 1.165) is 12.1 Å². The number of carbonyl (C=O) groups excluding carboxylic acids is 2. The summed E-state index contributed by atoms with van der Waals surface area (Å²) in [5, 5.41) is 7.70. The fourth-order valence-corrected chi connectivity index (χ4v) is 5.46. The first kappa shape index (κ1) is 26.4. The summed E-state index contributed by atoms with van der Waals surface area (Å²) in [6.45, 7) is 14.5. The molecule has 2 unspecified atom stereocenters. The van der Waals surface area contributed by atoms with Crippen molar-refractivity contribution >= 4 is 17.6 Å². The highest BCUT2D eigenvalue weighted by atomic mass is 19.1. The van der Waals surface area contributed by atoms with Crippen LogP contribution in [0.25, 0.3) is 5.70 Å². The van der Waals surface area contributed by atoms with Gasteiger partial charge in [-0.1, -0.05) is 40.0 Å². The smallest absolute Gasteiger partial charge is 0.310 e. The van der Waals surface area contributed by atoms with E-state index in [-0.39, 0.29) is 35.0 Å². The number of benzene rings is 1. The molecule has 0 N–H and O–H groups in total. The summed E-state index contributed by atoms with van der Waals surface area (Å²) < 4.78 is 33.9. The Balaban J connectivity index is 1.89. The number of esters is 1. The number of hydrogen-bond acceptors (Lipinski definition) is 5. The fourth-order valence-electron chi connectivity index (χ4n) is 5.46. The molecule has 8 heteroatoms. The van der Waals surface area contributed by atoms with E-state index in [0.29, 0.717) is 37.9 Å². The molecule has 3 atom stereocenters. The van der Waals surface area contributed by atoms with Gasteiger partial charge in [0.1, 0.15) is 11.6 Å². The van der Waals surface area contributed by atoms with E-state index in [4.69, 9.17) is 4.74 Å². The molecule has 1 saturated heterocycles. The molecule has 0 bridgehead atoms. The van der Waals surface area contributed by atoms with Crippen molar-refractivity contribution in [3.8, 4) is 0 Å². The molecule has 0 spiro atoms. The van der Waals surface area contributed by atoms with Crippen molar-refractivity contribution in [2.75, 3.05) is 20.2 Å². The number of amides is 1. The van der Waals surface area contributed by atoms with Crippen LogP contribution < -0.4 is 0 Å². The van der Waals surface area contributed by atoms with Crippen LogP contribution in [0.2, 0.25) is 0 Å². The van der Waals surface area contributed by atoms with Crippen LogP contribution in [-0.4, -0.2) is 37.0 Å². The molecule has 1 aromatic rings. The third-order valence-electron chi connectivity index (χ3n) is 7.94.